The minimum absolute atomic E-state index is 0.557. The van der Waals surface area contributed by atoms with Crippen LogP contribution in [0.3, 0.4) is 0 Å². The van der Waals surface area contributed by atoms with E-state index in [9.17, 15) is 0 Å². The van der Waals surface area contributed by atoms with Crippen molar-refractivity contribution in [3.63, 3.8) is 0 Å². The van der Waals surface area contributed by atoms with Gasteiger partial charge in [-0.3, -0.25) is 5.10 Å². The van der Waals surface area contributed by atoms with Crippen LogP contribution < -0.4 is 5.32 Å². The summed E-state index contributed by atoms with van der Waals surface area (Å²) < 4.78 is 0. The Morgan fingerprint density at radius 1 is 1.42 bits per heavy atom. The van der Waals surface area contributed by atoms with E-state index in [1.165, 1.54) is 17.0 Å². The van der Waals surface area contributed by atoms with E-state index in [-0.39, 0.29) is 0 Å². The Hall–Kier alpha value is -0.830. The molecule has 0 fully saturated rings. The lowest BCUT2D eigenvalue weighted by Crippen LogP contribution is -2.23. The maximum Gasteiger partial charge on any atom is 0.0682 e. The topological polar surface area (TPSA) is 40.7 Å². The summed E-state index contributed by atoms with van der Waals surface area (Å²) in [7, 11) is 0. The molecule has 1 aliphatic rings. The van der Waals surface area contributed by atoms with Gasteiger partial charge in [-0.05, 0) is 5.92 Å². The highest BCUT2D eigenvalue weighted by molar-refractivity contribution is 5.29. The molecule has 3 heteroatoms. The number of nitrogens with zero attached hydrogens (tertiary/aromatic N) is 1. The number of hydrogen-bond acceptors (Lipinski definition) is 2. The first-order chi connectivity index (χ1) is 5.79. The van der Waals surface area contributed by atoms with Gasteiger partial charge in [0.05, 0.1) is 5.69 Å². The Balaban J connectivity index is 2.38. The van der Waals surface area contributed by atoms with E-state index in [4.69, 9.17) is 0 Å². The van der Waals surface area contributed by atoms with Gasteiger partial charge in [0.25, 0.3) is 0 Å². The van der Waals surface area contributed by atoms with Crippen molar-refractivity contribution >= 4 is 0 Å². The van der Waals surface area contributed by atoms with E-state index in [0.29, 0.717) is 5.92 Å². The largest absolute Gasteiger partial charge is 0.312 e. The Morgan fingerprint density at radius 2 is 2.25 bits per heavy atom. The zero-order valence-corrected chi connectivity index (χ0v) is 7.65. The first kappa shape index (κ1) is 7.80. The number of rotatable bonds is 1. The lowest BCUT2D eigenvalue weighted by Gasteiger charge is -2.13. The van der Waals surface area contributed by atoms with Crippen LogP contribution in [0.4, 0.5) is 0 Å². The van der Waals surface area contributed by atoms with Gasteiger partial charge in [-0.1, -0.05) is 13.8 Å². The predicted molar refractivity (Wildman–Crippen MR) is 48.1 cm³/mol. The third-order valence-corrected chi connectivity index (χ3v) is 2.40. The van der Waals surface area contributed by atoms with Crippen molar-refractivity contribution < 1.29 is 0 Å². The number of aromatic nitrogens is 2. The van der Waals surface area contributed by atoms with E-state index in [1.807, 2.05) is 0 Å². The molecule has 1 aromatic heterocycles. The van der Waals surface area contributed by atoms with E-state index in [2.05, 4.69) is 29.4 Å². The molecule has 66 valence electrons. The van der Waals surface area contributed by atoms with Crippen LogP contribution in [-0.4, -0.2) is 16.7 Å². The smallest absolute Gasteiger partial charge is 0.0682 e. The molecule has 0 radical (unpaired) electrons. The third-order valence-electron chi connectivity index (χ3n) is 2.40. The Morgan fingerprint density at radius 3 is 3.00 bits per heavy atom. The highest BCUT2D eigenvalue weighted by Crippen LogP contribution is 2.21. The SMILES string of the molecule is CC(C)c1[nH]nc2c1CNCC2. The predicted octanol–water partition coefficient (Wildman–Crippen LogP) is 1.18. The minimum atomic E-state index is 0.557. The molecule has 0 spiro atoms. The van der Waals surface area contributed by atoms with Gasteiger partial charge in [0, 0.05) is 30.8 Å². The zero-order chi connectivity index (χ0) is 8.55. The molecule has 2 heterocycles. The van der Waals surface area contributed by atoms with Gasteiger partial charge in [-0.2, -0.15) is 5.10 Å². The highest BCUT2D eigenvalue weighted by Gasteiger charge is 2.17. The van der Waals surface area contributed by atoms with Crippen LogP contribution in [0.1, 0.15) is 36.7 Å². The molecule has 1 aromatic rings. The molecule has 0 unspecified atom stereocenters. The van der Waals surface area contributed by atoms with E-state index >= 15 is 0 Å². The number of aromatic amines is 1. The summed E-state index contributed by atoms with van der Waals surface area (Å²) in [4.78, 5) is 0. The summed E-state index contributed by atoms with van der Waals surface area (Å²) in [5.41, 5.74) is 3.96. The van der Waals surface area contributed by atoms with Crippen molar-refractivity contribution in [2.45, 2.75) is 32.7 Å². The third kappa shape index (κ3) is 1.14. The Bertz CT molecular complexity index is 275. The standard InChI is InChI=1S/C9H15N3/c1-6(2)9-7-5-10-4-3-8(7)11-12-9/h6,10H,3-5H2,1-2H3,(H,11,12). The summed E-state index contributed by atoms with van der Waals surface area (Å²) in [6.07, 6.45) is 1.07. The average Bonchev–Trinajstić information content (AvgIpc) is 2.47. The van der Waals surface area contributed by atoms with Crippen LogP contribution in [0, 0.1) is 0 Å². The summed E-state index contributed by atoms with van der Waals surface area (Å²) in [5.74, 6) is 0.557. The minimum Gasteiger partial charge on any atom is -0.312 e. The van der Waals surface area contributed by atoms with Gasteiger partial charge in [0.2, 0.25) is 0 Å². The number of H-pyrrole nitrogens is 1. The lowest BCUT2D eigenvalue weighted by atomic mass is 10.0. The van der Waals surface area contributed by atoms with Crippen LogP contribution in [-0.2, 0) is 13.0 Å². The average molecular weight is 165 g/mol. The van der Waals surface area contributed by atoms with Gasteiger partial charge < -0.3 is 5.32 Å². The molecule has 2 rings (SSSR count). The second-order valence-corrected chi connectivity index (χ2v) is 3.64. The van der Waals surface area contributed by atoms with Gasteiger partial charge in [-0.25, -0.2) is 0 Å². The van der Waals surface area contributed by atoms with Gasteiger partial charge in [-0.15, -0.1) is 0 Å². The Labute approximate surface area is 72.6 Å². The second kappa shape index (κ2) is 2.90. The second-order valence-electron chi connectivity index (χ2n) is 3.64. The molecule has 0 aliphatic carbocycles. The molecule has 2 N–H and O–H groups in total. The van der Waals surface area contributed by atoms with Gasteiger partial charge in [0.1, 0.15) is 0 Å². The maximum atomic E-state index is 4.31. The van der Waals surface area contributed by atoms with E-state index in [1.54, 1.807) is 0 Å². The van der Waals surface area contributed by atoms with Gasteiger partial charge >= 0.3 is 0 Å². The molecular weight excluding hydrogens is 150 g/mol. The van der Waals surface area contributed by atoms with Crippen molar-refractivity contribution in [3.05, 3.63) is 17.0 Å². The summed E-state index contributed by atoms with van der Waals surface area (Å²) in [6, 6.07) is 0. The number of hydrogen-bond donors (Lipinski definition) is 2. The first-order valence-corrected chi connectivity index (χ1v) is 4.55. The van der Waals surface area contributed by atoms with Crippen LogP contribution >= 0.6 is 0 Å². The molecule has 12 heavy (non-hydrogen) atoms. The molecule has 3 nitrogen and oxygen atoms in total. The fraction of sp³-hybridized carbons (Fsp3) is 0.667. The lowest BCUT2D eigenvalue weighted by molar-refractivity contribution is 0.630. The Kier molecular flexibility index (Phi) is 1.89. The van der Waals surface area contributed by atoms with Crippen molar-refractivity contribution in [2.75, 3.05) is 6.54 Å². The molecular formula is C9H15N3. The molecule has 0 saturated heterocycles. The van der Waals surface area contributed by atoms with E-state index in [0.717, 1.165) is 19.5 Å². The normalized spacial score (nSPS) is 16.6. The maximum absolute atomic E-state index is 4.31. The molecule has 0 bridgehead atoms. The molecule has 1 aliphatic heterocycles. The molecule has 0 saturated carbocycles. The quantitative estimate of drug-likeness (QED) is 0.656. The molecule has 0 amide bonds. The van der Waals surface area contributed by atoms with Gasteiger partial charge in [0.15, 0.2) is 0 Å². The van der Waals surface area contributed by atoms with Crippen molar-refractivity contribution in [3.8, 4) is 0 Å². The van der Waals surface area contributed by atoms with Crippen LogP contribution in [0.25, 0.3) is 0 Å². The summed E-state index contributed by atoms with van der Waals surface area (Å²) >= 11 is 0. The molecule has 0 atom stereocenters. The molecule has 0 aromatic carbocycles. The van der Waals surface area contributed by atoms with Crippen molar-refractivity contribution in [1.29, 1.82) is 0 Å². The van der Waals surface area contributed by atoms with E-state index < -0.39 is 0 Å². The highest BCUT2D eigenvalue weighted by atomic mass is 15.1. The van der Waals surface area contributed by atoms with Crippen molar-refractivity contribution in [1.82, 2.24) is 15.5 Å². The summed E-state index contributed by atoms with van der Waals surface area (Å²) in [5, 5.41) is 10.8. The van der Waals surface area contributed by atoms with Crippen LogP contribution in [0.15, 0.2) is 0 Å². The summed E-state index contributed by atoms with van der Waals surface area (Å²) in [6.45, 7) is 6.44. The fourth-order valence-electron chi connectivity index (χ4n) is 1.72. The van der Waals surface area contributed by atoms with Crippen molar-refractivity contribution in [2.24, 2.45) is 0 Å². The van der Waals surface area contributed by atoms with Crippen LogP contribution in [0.2, 0.25) is 0 Å². The number of nitrogens with one attached hydrogen (secondary N) is 2. The first-order valence-electron chi connectivity index (χ1n) is 4.55. The number of fused-ring (bicyclic) bond motifs is 1. The fourth-order valence-corrected chi connectivity index (χ4v) is 1.72. The monoisotopic (exact) mass is 165 g/mol. The van der Waals surface area contributed by atoms with Crippen LogP contribution in [0.5, 0.6) is 0 Å². The zero-order valence-electron chi connectivity index (χ0n) is 7.65.